The van der Waals surface area contributed by atoms with Crippen molar-refractivity contribution < 1.29 is 14.3 Å². The molecule has 11 heteroatoms. The molecule has 0 aliphatic rings. The molecule has 1 aromatic carbocycles. The molecular weight excluding hydrogens is 447 g/mol. The van der Waals surface area contributed by atoms with Crippen LogP contribution in [0.2, 0.25) is 15.1 Å². The summed E-state index contributed by atoms with van der Waals surface area (Å²) in [5, 5.41) is 5.79. The number of nitrogens with zero attached hydrogens (tertiary/aromatic N) is 3. The Bertz CT molecular complexity index is 955. The molecule has 1 unspecified atom stereocenters. The zero-order valence-electron chi connectivity index (χ0n) is 14.1. The van der Waals surface area contributed by atoms with Gasteiger partial charge in [-0.3, -0.25) is 4.79 Å². The number of nitrogens with one attached hydrogen (secondary N) is 1. The van der Waals surface area contributed by atoms with Crippen molar-refractivity contribution >= 4 is 63.5 Å². The molecule has 0 fully saturated rings. The van der Waals surface area contributed by atoms with Crippen LogP contribution in [0.4, 0.5) is 5.13 Å². The van der Waals surface area contributed by atoms with Gasteiger partial charge in [0.05, 0.1) is 34.5 Å². The lowest BCUT2D eigenvalue weighted by Crippen LogP contribution is -2.19. The van der Waals surface area contributed by atoms with Gasteiger partial charge in [0, 0.05) is 22.8 Å². The van der Waals surface area contributed by atoms with E-state index in [1.54, 1.807) is 22.3 Å². The van der Waals surface area contributed by atoms with E-state index in [0.717, 1.165) is 0 Å². The monoisotopic (exact) mass is 458 g/mol. The number of ether oxygens (including phenoxy) is 1. The summed E-state index contributed by atoms with van der Waals surface area (Å²) in [6.45, 7) is 0.111. The maximum Gasteiger partial charge on any atom is 0.228 e. The number of imidazole rings is 1. The zero-order chi connectivity index (χ0) is 20.1. The maximum absolute atomic E-state index is 12.2. The number of benzene rings is 1. The van der Waals surface area contributed by atoms with Crippen LogP contribution in [0, 0.1) is 0 Å². The molecule has 28 heavy (non-hydrogen) atoms. The third-order valence-electron chi connectivity index (χ3n) is 3.58. The number of halogens is 3. The molecule has 2 heterocycles. The first-order chi connectivity index (χ1) is 13.5. The Morgan fingerprint density at radius 3 is 2.71 bits per heavy atom. The van der Waals surface area contributed by atoms with Gasteiger partial charge in [0.15, 0.2) is 10.9 Å². The molecule has 146 valence electrons. The molecule has 0 radical (unpaired) electrons. The Morgan fingerprint density at radius 2 is 2.07 bits per heavy atom. The highest BCUT2D eigenvalue weighted by Crippen LogP contribution is 2.36. The van der Waals surface area contributed by atoms with Crippen LogP contribution in [0.1, 0.15) is 18.2 Å². The minimum absolute atomic E-state index is 0.0265. The summed E-state index contributed by atoms with van der Waals surface area (Å²) in [5.74, 6) is -0.0307. The Kier molecular flexibility index (Phi) is 6.90. The first-order valence-corrected chi connectivity index (χ1v) is 9.92. The van der Waals surface area contributed by atoms with Gasteiger partial charge in [0.2, 0.25) is 5.91 Å². The highest BCUT2D eigenvalue weighted by molar-refractivity contribution is 7.13. The van der Waals surface area contributed by atoms with E-state index in [-0.39, 0.29) is 18.9 Å². The molecule has 0 aliphatic carbocycles. The minimum atomic E-state index is -0.626. The number of hydrogen-bond acceptors (Lipinski definition) is 6. The van der Waals surface area contributed by atoms with Crippen LogP contribution >= 0.6 is 46.1 Å². The average Bonchev–Trinajstić information content (AvgIpc) is 3.31. The fourth-order valence-corrected chi connectivity index (χ4v) is 3.93. The second-order valence-electron chi connectivity index (χ2n) is 5.60. The summed E-state index contributed by atoms with van der Waals surface area (Å²) in [7, 11) is 0. The summed E-state index contributed by atoms with van der Waals surface area (Å²) in [5.41, 5.74) is 0.587. The number of carbonyl (C=O) groups excluding carboxylic acids is 2. The molecule has 2 aromatic heterocycles. The number of aromatic nitrogens is 3. The van der Waals surface area contributed by atoms with Crippen LogP contribution in [0.5, 0.6) is 5.75 Å². The Labute approximate surface area is 179 Å². The molecule has 1 amide bonds. The van der Waals surface area contributed by atoms with Crippen molar-refractivity contribution in [3.63, 3.8) is 0 Å². The molecular formula is C17H13Cl3N4O3S. The average molecular weight is 460 g/mol. The number of thiazole rings is 1. The molecule has 0 saturated heterocycles. The van der Waals surface area contributed by atoms with E-state index in [4.69, 9.17) is 39.5 Å². The zero-order valence-corrected chi connectivity index (χ0v) is 17.2. The highest BCUT2D eigenvalue weighted by Gasteiger charge is 2.16. The van der Waals surface area contributed by atoms with Crippen LogP contribution in [0.25, 0.3) is 0 Å². The fraction of sp³-hybridized carbons (Fsp3) is 0.176. The van der Waals surface area contributed by atoms with E-state index in [9.17, 15) is 9.59 Å². The molecule has 0 aliphatic heterocycles. The lowest BCUT2D eigenvalue weighted by Gasteiger charge is -2.10. The van der Waals surface area contributed by atoms with Crippen LogP contribution in [0.15, 0.2) is 36.2 Å². The smallest absolute Gasteiger partial charge is 0.228 e. The van der Waals surface area contributed by atoms with Crippen LogP contribution in [-0.2, 0) is 16.2 Å². The number of anilines is 1. The quantitative estimate of drug-likeness (QED) is 0.496. The molecule has 3 rings (SSSR count). The number of hydrogen-bond donors (Lipinski definition) is 1. The van der Waals surface area contributed by atoms with E-state index >= 15 is 0 Å². The van der Waals surface area contributed by atoms with Crippen LogP contribution in [0.3, 0.4) is 0 Å². The van der Waals surface area contributed by atoms with Gasteiger partial charge >= 0.3 is 0 Å². The first-order valence-electron chi connectivity index (χ1n) is 7.90. The summed E-state index contributed by atoms with van der Waals surface area (Å²) in [4.78, 5) is 31.5. The Hall–Kier alpha value is -2.13. The normalized spacial score (nSPS) is 11.8. The number of aldehydes is 1. The van der Waals surface area contributed by atoms with E-state index in [0.29, 0.717) is 37.9 Å². The predicted octanol–water partition coefficient (Wildman–Crippen LogP) is 4.65. The molecule has 7 nitrogen and oxygen atoms in total. The Balaban J connectivity index is 1.57. The van der Waals surface area contributed by atoms with Gasteiger partial charge in [-0.05, 0) is 12.1 Å². The third-order valence-corrected chi connectivity index (χ3v) is 5.17. The summed E-state index contributed by atoms with van der Waals surface area (Å²) >= 11 is 19.3. The maximum atomic E-state index is 12.2. The summed E-state index contributed by atoms with van der Waals surface area (Å²) < 4.78 is 7.17. The fourth-order valence-electron chi connectivity index (χ4n) is 2.29. The molecule has 1 atom stereocenters. The molecule has 0 spiro atoms. The van der Waals surface area contributed by atoms with Crippen molar-refractivity contribution in [3.8, 4) is 5.75 Å². The second kappa shape index (κ2) is 9.38. The first kappa shape index (κ1) is 20.6. The predicted molar refractivity (Wildman–Crippen MR) is 108 cm³/mol. The van der Waals surface area contributed by atoms with Gasteiger partial charge in [-0.1, -0.05) is 34.8 Å². The summed E-state index contributed by atoms with van der Waals surface area (Å²) in [6.07, 6.45) is 5.32. The van der Waals surface area contributed by atoms with Gasteiger partial charge < -0.3 is 19.4 Å². The minimum Gasteiger partial charge on any atom is -0.484 e. The number of rotatable bonds is 8. The van der Waals surface area contributed by atoms with Gasteiger partial charge in [-0.15, -0.1) is 11.3 Å². The number of amides is 1. The van der Waals surface area contributed by atoms with Crippen LogP contribution < -0.4 is 10.1 Å². The standard InChI is InChI=1S/C17H13Cl3N4O3S/c18-10-3-13(19)16(14(20)4-10)27-7-11-8-28-17(22-11)23-15(26)5-12(6-25)24-2-1-21-9-24/h1-4,6,8-9,12H,5,7H2,(H,22,23,26). The molecule has 1 N–H and O–H groups in total. The molecule has 3 aromatic rings. The highest BCUT2D eigenvalue weighted by atomic mass is 35.5. The lowest BCUT2D eigenvalue weighted by atomic mass is 10.2. The second-order valence-corrected chi connectivity index (χ2v) is 7.71. The van der Waals surface area contributed by atoms with Crippen molar-refractivity contribution in [2.75, 3.05) is 5.32 Å². The van der Waals surface area contributed by atoms with E-state index in [1.807, 2.05) is 0 Å². The van der Waals surface area contributed by atoms with Gasteiger partial charge in [0.1, 0.15) is 12.9 Å². The van der Waals surface area contributed by atoms with Crippen molar-refractivity contribution in [1.82, 2.24) is 14.5 Å². The number of carbonyl (C=O) groups is 2. The lowest BCUT2D eigenvalue weighted by molar-refractivity contribution is -0.120. The van der Waals surface area contributed by atoms with Crippen molar-refractivity contribution in [3.05, 3.63) is 57.0 Å². The largest absolute Gasteiger partial charge is 0.484 e. The molecule has 0 bridgehead atoms. The van der Waals surface area contributed by atoms with Crippen molar-refractivity contribution in [2.24, 2.45) is 0 Å². The van der Waals surface area contributed by atoms with E-state index in [1.165, 1.54) is 29.8 Å². The SMILES string of the molecule is O=CC(CC(=O)Nc1nc(COc2c(Cl)cc(Cl)cc2Cl)cs1)n1ccnc1. The molecule has 0 saturated carbocycles. The Morgan fingerprint density at radius 1 is 1.32 bits per heavy atom. The van der Waals surface area contributed by atoms with Crippen molar-refractivity contribution in [2.45, 2.75) is 19.1 Å². The van der Waals surface area contributed by atoms with Gasteiger partial charge in [0.25, 0.3) is 0 Å². The third kappa shape index (κ3) is 5.23. The van der Waals surface area contributed by atoms with Gasteiger partial charge in [-0.25, -0.2) is 9.97 Å². The van der Waals surface area contributed by atoms with Crippen LogP contribution in [-0.4, -0.2) is 26.7 Å². The summed E-state index contributed by atoms with van der Waals surface area (Å²) in [6, 6.07) is 2.43. The van der Waals surface area contributed by atoms with Crippen molar-refractivity contribution in [1.29, 1.82) is 0 Å². The van der Waals surface area contributed by atoms with E-state index in [2.05, 4.69) is 15.3 Å². The van der Waals surface area contributed by atoms with Gasteiger partial charge in [-0.2, -0.15) is 0 Å². The topological polar surface area (TPSA) is 86.1 Å². The van der Waals surface area contributed by atoms with E-state index < -0.39 is 6.04 Å².